The fourth-order valence-corrected chi connectivity index (χ4v) is 9.17. The zero-order valence-electron chi connectivity index (χ0n) is 15.6. The van der Waals surface area contributed by atoms with Gasteiger partial charge in [-0.25, -0.2) is 0 Å². The van der Waals surface area contributed by atoms with Crippen LogP contribution in [0.25, 0.3) is 9.75 Å². The average Bonchev–Trinajstić information content (AvgIpc) is 3.15. The highest BCUT2D eigenvalue weighted by Gasteiger charge is 2.45. The van der Waals surface area contributed by atoms with Crippen molar-refractivity contribution >= 4 is 57.8 Å². The molecule has 4 heteroatoms. The fraction of sp³-hybridized carbons (Fsp3) is 0.600. The van der Waals surface area contributed by atoms with E-state index < -0.39 is 8.07 Å². The molecule has 0 bridgehead atoms. The number of hydrogen-bond acceptors (Lipinski definition) is 2. The van der Waals surface area contributed by atoms with Crippen molar-refractivity contribution < 1.29 is 0 Å². The third-order valence-corrected chi connectivity index (χ3v) is 12.1. The van der Waals surface area contributed by atoms with Crippen LogP contribution in [0.15, 0.2) is 12.1 Å². The molecule has 0 spiro atoms. The molecule has 0 atom stereocenters. The van der Waals surface area contributed by atoms with E-state index in [2.05, 4.69) is 79.5 Å². The Labute approximate surface area is 170 Å². The lowest BCUT2D eigenvalue weighted by Crippen LogP contribution is -2.35. The molecule has 2 aromatic rings. The van der Waals surface area contributed by atoms with E-state index in [0.717, 1.165) is 0 Å². The monoisotopic (exact) mass is 488 g/mol. The second-order valence-corrected chi connectivity index (χ2v) is 17.6. The quantitative estimate of drug-likeness (QED) is 0.278. The summed E-state index contributed by atoms with van der Waals surface area (Å²) in [7, 11) is -1.24. The SMILES string of the molecule is CCCCC1(CCCC)c2cc(I)sc2-c2sc([Si](C)(C)C)cc21. The number of thiophene rings is 2. The second kappa shape index (κ2) is 7.16. The highest BCUT2D eigenvalue weighted by molar-refractivity contribution is 14.1. The Morgan fingerprint density at radius 2 is 1.46 bits per heavy atom. The average molecular weight is 489 g/mol. The van der Waals surface area contributed by atoms with Crippen LogP contribution in [0, 0.1) is 2.88 Å². The molecular weight excluding hydrogens is 459 g/mol. The molecule has 3 rings (SSSR count). The largest absolute Gasteiger partial charge is 0.144 e. The van der Waals surface area contributed by atoms with Crippen molar-refractivity contribution in [3.05, 3.63) is 26.1 Å². The van der Waals surface area contributed by atoms with Gasteiger partial charge in [-0.05, 0) is 63.2 Å². The molecule has 0 saturated heterocycles. The highest BCUT2D eigenvalue weighted by Crippen LogP contribution is 2.58. The zero-order valence-corrected chi connectivity index (χ0v) is 20.4. The van der Waals surface area contributed by atoms with E-state index in [0.29, 0.717) is 5.41 Å². The van der Waals surface area contributed by atoms with Crippen LogP contribution in [-0.2, 0) is 5.41 Å². The van der Waals surface area contributed by atoms with Gasteiger partial charge in [0.15, 0.2) is 0 Å². The highest BCUT2D eigenvalue weighted by atomic mass is 127. The summed E-state index contributed by atoms with van der Waals surface area (Å²) >= 11 is 6.68. The number of fused-ring (bicyclic) bond motifs is 3. The molecule has 2 heterocycles. The van der Waals surface area contributed by atoms with Crippen LogP contribution in [0.1, 0.15) is 63.5 Å². The summed E-state index contributed by atoms with van der Waals surface area (Å²) in [6, 6.07) is 5.14. The maximum atomic E-state index is 2.64. The van der Waals surface area contributed by atoms with Gasteiger partial charge in [0, 0.05) is 15.2 Å². The minimum Gasteiger partial charge on any atom is -0.144 e. The summed E-state index contributed by atoms with van der Waals surface area (Å²) in [5, 5.41) is 0. The van der Waals surface area contributed by atoms with Crippen molar-refractivity contribution in [1.82, 2.24) is 0 Å². The second-order valence-electron chi connectivity index (χ2n) is 8.19. The first kappa shape index (κ1) is 19.1. The van der Waals surface area contributed by atoms with E-state index in [4.69, 9.17) is 0 Å². The molecule has 24 heavy (non-hydrogen) atoms. The predicted molar refractivity (Wildman–Crippen MR) is 123 cm³/mol. The molecule has 0 fully saturated rings. The van der Waals surface area contributed by atoms with E-state index in [1.807, 2.05) is 11.3 Å². The van der Waals surface area contributed by atoms with Gasteiger partial charge in [0.05, 0.1) is 11.0 Å². The normalized spacial score (nSPS) is 15.6. The van der Waals surface area contributed by atoms with Crippen LogP contribution in [0.3, 0.4) is 0 Å². The van der Waals surface area contributed by atoms with Crippen molar-refractivity contribution in [2.45, 2.75) is 77.4 Å². The zero-order chi connectivity index (χ0) is 17.5. The molecule has 0 aliphatic heterocycles. The van der Waals surface area contributed by atoms with Gasteiger partial charge >= 0.3 is 0 Å². The summed E-state index contributed by atoms with van der Waals surface area (Å²) in [6.45, 7) is 12.2. The molecule has 0 amide bonds. The minimum absolute atomic E-state index is 0.311. The molecule has 1 aliphatic carbocycles. The third-order valence-electron chi connectivity index (χ3n) is 5.32. The predicted octanol–water partition coefficient (Wildman–Crippen LogP) is 7.61. The summed E-state index contributed by atoms with van der Waals surface area (Å²) in [4.78, 5) is 3.23. The Hall–Kier alpha value is 0.347. The molecular formula is C20H29IS2Si. The van der Waals surface area contributed by atoms with Crippen LogP contribution in [-0.4, -0.2) is 8.07 Å². The van der Waals surface area contributed by atoms with Crippen molar-refractivity contribution in [3.63, 3.8) is 0 Å². The smallest absolute Gasteiger partial charge is 0.0904 e. The number of unbranched alkanes of at least 4 members (excludes halogenated alkanes) is 2. The lowest BCUT2D eigenvalue weighted by atomic mass is 9.72. The summed E-state index contributed by atoms with van der Waals surface area (Å²) in [6.07, 6.45) is 7.94. The molecule has 2 aromatic heterocycles. The minimum atomic E-state index is -1.24. The van der Waals surface area contributed by atoms with Crippen molar-refractivity contribution in [2.24, 2.45) is 0 Å². The number of rotatable bonds is 7. The Morgan fingerprint density at radius 3 is 2.00 bits per heavy atom. The molecule has 0 unspecified atom stereocenters. The maximum Gasteiger partial charge on any atom is 0.0904 e. The van der Waals surface area contributed by atoms with E-state index in [-0.39, 0.29) is 0 Å². The van der Waals surface area contributed by atoms with Gasteiger partial charge in [-0.3, -0.25) is 0 Å². The van der Waals surface area contributed by atoms with Gasteiger partial charge in [-0.2, -0.15) is 0 Å². The van der Waals surface area contributed by atoms with Crippen LogP contribution >= 0.6 is 45.3 Å². The lowest BCUT2D eigenvalue weighted by molar-refractivity contribution is 0.415. The van der Waals surface area contributed by atoms with Gasteiger partial charge in [0.25, 0.3) is 0 Å². The van der Waals surface area contributed by atoms with Gasteiger partial charge in [0.1, 0.15) is 0 Å². The first-order valence-electron chi connectivity index (χ1n) is 9.28. The molecule has 132 valence electrons. The van der Waals surface area contributed by atoms with Gasteiger partial charge in [0.2, 0.25) is 0 Å². The van der Waals surface area contributed by atoms with Crippen LogP contribution in [0.2, 0.25) is 19.6 Å². The molecule has 0 radical (unpaired) electrons. The van der Waals surface area contributed by atoms with E-state index in [1.54, 1.807) is 25.4 Å². The summed E-state index contributed by atoms with van der Waals surface area (Å²) < 4.78 is 3.16. The van der Waals surface area contributed by atoms with Gasteiger partial charge in [-0.15, -0.1) is 22.7 Å². The maximum absolute atomic E-state index is 2.64. The Morgan fingerprint density at radius 1 is 0.917 bits per heavy atom. The lowest BCUT2D eigenvalue weighted by Gasteiger charge is -2.31. The molecule has 0 saturated carbocycles. The van der Waals surface area contributed by atoms with Gasteiger partial charge in [-0.1, -0.05) is 59.2 Å². The first-order chi connectivity index (χ1) is 11.3. The molecule has 0 aromatic carbocycles. The van der Waals surface area contributed by atoms with Crippen molar-refractivity contribution in [1.29, 1.82) is 0 Å². The summed E-state index contributed by atoms with van der Waals surface area (Å²) in [5.74, 6) is 0. The third kappa shape index (κ3) is 3.21. The Kier molecular flexibility index (Phi) is 5.71. The molecule has 1 aliphatic rings. The standard InChI is InChI=1S/C20H29IS2Si/c1-6-8-10-20(11-9-7-2)14-12-16(21)22-18(14)19-15(20)13-17(23-19)24(3,4)5/h12-13H,6-11H2,1-5H3. The summed E-state index contributed by atoms with van der Waals surface area (Å²) in [5.41, 5.74) is 3.68. The van der Waals surface area contributed by atoms with E-state index in [9.17, 15) is 0 Å². The van der Waals surface area contributed by atoms with Crippen LogP contribution in [0.5, 0.6) is 0 Å². The first-order valence-corrected chi connectivity index (χ1v) is 15.5. The Balaban J connectivity index is 2.18. The number of hydrogen-bond donors (Lipinski definition) is 0. The topological polar surface area (TPSA) is 0 Å². The number of halogens is 1. The van der Waals surface area contributed by atoms with E-state index >= 15 is 0 Å². The van der Waals surface area contributed by atoms with Crippen LogP contribution in [0.4, 0.5) is 0 Å². The van der Waals surface area contributed by atoms with Crippen LogP contribution < -0.4 is 4.50 Å². The van der Waals surface area contributed by atoms with E-state index in [1.165, 1.54) is 41.4 Å². The molecule has 0 N–H and O–H groups in total. The van der Waals surface area contributed by atoms with Crippen molar-refractivity contribution in [2.75, 3.05) is 0 Å². The van der Waals surface area contributed by atoms with Gasteiger partial charge < -0.3 is 0 Å². The van der Waals surface area contributed by atoms with Crippen molar-refractivity contribution in [3.8, 4) is 9.75 Å². The Bertz CT molecular complexity index is 713. The fourth-order valence-electron chi connectivity index (χ4n) is 3.94. The molecule has 0 nitrogen and oxygen atoms in total.